The summed E-state index contributed by atoms with van der Waals surface area (Å²) in [5.74, 6) is -1.17. The third-order valence-corrected chi connectivity index (χ3v) is 3.44. The first-order valence-electron chi connectivity index (χ1n) is 8.09. The highest BCUT2D eigenvalue weighted by Crippen LogP contribution is 2.24. The van der Waals surface area contributed by atoms with Gasteiger partial charge in [-0.15, -0.1) is 0 Å². The van der Waals surface area contributed by atoms with Crippen molar-refractivity contribution in [2.45, 2.75) is 45.4 Å². The van der Waals surface area contributed by atoms with E-state index in [1.54, 1.807) is 20.8 Å². The fourth-order valence-corrected chi connectivity index (χ4v) is 2.17. The lowest BCUT2D eigenvalue weighted by Crippen LogP contribution is -2.47. The van der Waals surface area contributed by atoms with Crippen LogP contribution in [0.4, 0.5) is 4.79 Å². The Morgan fingerprint density at radius 3 is 2.15 bits per heavy atom. The molecule has 2 amide bonds. The number of hydrogen-bond acceptors (Lipinski definition) is 6. The lowest BCUT2D eigenvalue weighted by molar-refractivity contribution is -0.145. The second-order valence-electron chi connectivity index (χ2n) is 6.84. The molecule has 2 N–H and O–H groups in total. The Balaban J connectivity index is 3.13. The van der Waals surface area contributed by atoms with Crippen LogP contribution >= 0.6 is 0 Å². The molecule has 0 radical (unpaired) electrons. The van der Waals surface area contributed by atoms with E-state index in [0.717, 1.165) is 4.90 Å². The fourth-order valence-electron chi connectivity index (χ4n) is 2.17. The lowest BCUT2D eigenvalue weighted by atomic mass is 10.0. The average Bonchev–Trinajstić information content (AvgIpc) is 2.54. The van der Waals surface area contributed by atoms with Crippen molar-refractivity contribution in [1.82, 2.24) is 10.2 Å². The quantitative estimate of drug-likeness (QED) is 0.772. The van der Waals surface area contributed by atoms with E-state index in [1.165, 1.54) is 45.3 Å². The lowest BCUT2D eigenvalue weighted by Gasteiger charge is -2.30. The minimum atomic E-state index is -1.06. The Morgan fingerprint density at radius 2 is 1.69 bits per heavy atom. The van der Waals surface area contributed by atoms with Gasteiger partial charge in [0.2, 0.25) is 5.91 Å². The van der Waals surface area contributed by atoms with Crippen LogP contribution in [0.15, 0.2) is 24.3 Å². The number of likely N-dealkylation sites (N-methyl/N-ethyl adjacent to an activating group) is 1. The maximum absolute atomic E-state index is 12.7. The summed E-state index contributed by atoms with van der Waals surface area (Å²) in [4.78, 5) is 37.8. The number of hydrogen-bond donors (Lipinski definition) is 2. The zero-order valence-corrected chi connectivity index (χ0v) is 15.9. The van der Waals surface area contributed by atoms with E-state index in [2.05, 4.69) is 10.1 Å². The van der Waals surface area contributed by atoms with Gasteiger partial charge in [-0.3, -0.25) is 9.69 Å². The van der Waals surface area contributed by atoms with E-state index >= 15 is 0 Å². The van der Waals surface area contributed by atoms with Crippen LogP contribution in [0.5, 0.6) is 5.75 Å². The molecule has 1 unspecified atom stereocenters. The fraction of sp³-hybridized carbons (Fsp3) is 0.500. The number of carbonyl (C=O) groups excluding carboxylic acids is 3. The van der Waals surface area contributed by atoms with Crippen LogP contribution in [0.2, 0.25) is 0 Å². The number of esters is 1. The maximum Gasteiger partial charge on any atom is 0.410 e. The molecule has 0 fully saturated rings. The molecule has 0 heterocycles. The monoisotopic (exact) mass is 366 g/mol. The molecule has 8 heteroatoms. The number of benzene rings is 1. The molecule has 0 aliphatic rings. The van der Waals surface area contributed by atoms with Gasteiger partial charge in [-0.2, -0.15) is 0 Å². The van der Waals surface area contributed by atoms with Crippen LogP contribution in [0, 0.1) is 0 Å². The number of phenolic OH excluding ortho intramolecular Hbond substituents is 1. The number of nitrogens with one attached hydrogen (secondary N) is 1. The van der Waals surface area contributed by atoms with Gasteiger partial charge in [-0.25, -0.2) is 9.59 Å². The van der Waals surface area contributed by atoms with Crippen molar-refractivity contribution in [1.29, 1.82) is 0 Å². The van der Waals surface area contributed by atoms with Crippen molar-refractivity contribution in [3.8, 4) is 5.75 Å². The summed E-state index contributed by atoms with van der Waals surface area (Å²) in [6.07, 6.45) is -0.698. The average molecular weight is 366 g/mol. The minimum Gasteiger partial charge on any atom is -0.508 e. The number of rotatable bonds is 5. The molecule has 8 nitrogen and oxygen atoms in total. The molecule has 1 rings (SSSR count). The Hall–Kier alpha value is -2.77. The van der Waals surface area contributed by atoms with Crippen LogP contribution in [0.25, 0.3) is 0 Å². The summed E-state index contributed by atoms with van der Waals surface area (Å²) in [6.45, 7) is 6.63. The molecule has 0 spiro atoms. The van der Waals surface area contributed by atoms with Crippen molar-refractivity contribution in [2.24, 2.45) is 0 Å². The molecule has 2 atom stereocenters. The van der Waals surface area contributed by atoms with Crippen molar-refractivity contribution in [2.75, 3.05) is 14.2 Å². The second-order valence-corrected chi connectivity index (χ2v) is 6.84. The Labute approximate surface area is 153 Å². The number of methoxy groups -OCH3 is 1. The number of amides is 2. The third kappa shape index (κ3) is 5.94. The van der Waals surface area contributed by atoms with Crippen LogP contribution in [0.1, 0.15) is 39.3 Å². The van der Waals surface area contributed by atoms with Gasteiger partial charge in [-0.1, -0.05) is 12.1 Å². The largest absolute Gasteiger partial charge is 0.508 e. The molecular formula is C18H26N2O6. The molecule has 0 aliphatic carbocycles. The van der Waals surface area contributed by atoms with E-state index < -0.39 is 35.7 Å². The topological polar surface area (TPSA) is 105 Å². The van der Waals surface area contributed by atoms with Crippen molar-refractivity contribution in [3.05, 3.63) is 29.8 Å². The number of ether oxygens (including phenoxy) is 2. The van der Waals surface area contributed by atoms with Gasteiger partial charge in [0, 0.05) is 7.05 Å². The molecule has 26 heavy (non-hydrogen) atoms. The van der Waals surface area contributed by atoms with Crippen LogP contribution in [0.3, 0.4) is 0 Å². The SMILES string of the molecule is COC(=O)C(C)NC(=O)[C@H](c1ccc(O)cc1)N(C)C(=O)OC(C)(C)C. The summed E-state index contributed by atoms with van der Waals surface area (Å²) in [6, 6.07) is 3.90. The summed E-state index contributed by atoms with van der Waals surface area (Å²) >= 11 is 0. The van der Waals surface area contributed by atoms with E-state index in [1.807, 2.05) is 0 Å². The van der Waals surface area contributed by atoms with Gasteiger partial charge in [0.25, 0.3) is 0 Å². The predicted molar refractivity (Wildman–Crippen MR) is 94.5 cm³/mol. The molecular weight excluding hydrogens is 340 g/mol. The van der Waals surface area contributed by atoms with E-state index in [-0.39, 0.29) is 5.75 Å². The first kappa shape index (κ1) is 21.3. The zero-order chi connectivity index (χ0) is 20.1. The van der Waals surface area contributed by atoms with Crippen molar-refractivity contribution < 1.29 is 29.0 Å². The normalized spacial score (nSPS) is 13.3. The predicted octanol–water partition coefficient (Wildman–Crippen LogP) is 1.98. The van der Waals surface area contributed by atoms with Gasteiger partial charge in [0.15, 0.2) is 0 Å². The molecule has 0 saturated carbocycles. The van der Waals surface area contributed by atoms with Gasteiger partial charge in [-0.05, 0) is 45.4 Å². The standard InChI is InChI=1S/C18H26N2O6/c1-11(16(23)25-6)19-15(22)14(12-7-9-13(21)10-8-12)20(5)17(24)26-18(2,3)4/h7-11,14,21H,1-6H3,(H,19,22)/t11?,14-/m0/s1. The van der Waals surface area contributed by atoms with E-state index in [9.17, 15) is 19.5 Å². The first-order valence-corrected chi connectivity index (χ1v) is 8.09. The van der Waals surface area contributed by atoms with Crippen molar-refractivity contribution in [3.63, 3.8) is 0 Å². The van der Waals surface area contributed by atoms with Gasteiger partial charge >= 0.3 is 12.1 Å². The Bertz CT molecular complexity index is 651. The van der Waals surface area contributed by atoms with Crippen LogP contribution < -0.4 is 5.32 Å². The number of nitrogens with zero attached hydrogens (tertiary/aromatic N) is 1. The van der Waals surface area contributed by atoms with Gasteiger partial charge in [0.1, 0.15) is 23.4 Å². The smallest absolute Gasteiger partial charge is 0.410 e. The molecule has 0 saturated heterocycles. The van der Waals surface area contributed by atoms with Gasteiger partial charge < -0.3 is 19.9 Å². The molecule has 144 valence electrons. The molecule has 0 aromatic heterocycles. The highest BCUT2D eigenvalue weighted by molar-refractivity contribution is 5.90. The number of phenols is 1. The van der Waals surface area contributed by atoms with Crippen LogP contribution in [-0.2, 0) is 19.1 Å². The van der Waals surface area contributed by atoms with E-state index in [4.69, 9.17) is 4.74 Å². The maximum atomic E-state index is 12.7. The Kier molecular flexibility index (Phi) is 7.00. The molecule has 0 aliphatic heterocycles. The third-order valence-electron chi connectivity index (χ3n) is 3.44. The number of carbonyl (C=O) groups is 3. The summed E-state index contributed by atoms with van der Waals surface area (Å²) in [7, 11) is 2.64. The summed E-state index contributed by atoms with van der Waals surface area (Å²) in [5, 5.41) is 12.0. The summed E-state index contributed by atoms with van der Waals surface area (Å²) < 4.78 is 9.91. The number of aromatic hydroxyl groups is 1. The Morgan fingerprint density at radius 1 is 1.15 bits per heavy atom. The minimum absolute atomic E-state index is 0.0239. The van der Waals surface area contributed by atoms with Gasteiger partial charge in [0.05, 0.1) is 7.11 Å². The molecule has 1 aromatic carbocycles. The van der Waals surface area contributed by atoms with Crippen molar-refractivity contribution >= 4 is 18.0 Å². The first-order chi connectivity index (χ1) is 12.0. The second kappa shape index (κ2) is 8.55. The van der Waals surface area contributed by atoms with E-state index in [0.29, 0.717) is 5.56 Å². The molecule has 1 aromatic rings. The highest BCUT2D eigenvalue weighted by atomic mass is 16.6. The highest BCUT2D eigenvalue weighted by Gasteiger charge is 2.33. The summed E-state index contributed by atoms with van der Waals surface area (Å²) in [5.41, 5.74) is -0.286. The van der Waals surface area contributed by atoms with Crippen LogP contribution in [-0.4, -0.2) is 53.8 Å². The zero-order valence-electron chi connectivity index (χ0n) is 15.9. The molecule has 0 bridgehead atoms.